The fraction of sp³-hybridized carbons (Fsp3) is 0.400. The molecule has 1 aliphatic rings. The van der Waals surface area contributed by atoms with Crippen molar-refractivity contribution in [2.45, 2.75) is 52.7 Å². The lowest BCUT2D eigenvalue weighted by atomic mass is 9.94. The van der Waals surface area contributed by atoms with Crippen LogP contribution < -0.4 is 20.1 Å². The van der Waals surface area contributed by atoms with Gasteiger partial charge in [-0.25, -0.2) is 4.68 Å². The minimum Gasteiger partial charge on any atom is -0.493 e. The molecule has 1 aliphatic heterocycles. The highest BCUT2D eigenvalue weighted by atomic mass is 32.2. The number of aryl methyl sites for hydroxylation is 1. The number of amides is 2. The molecule has 0 aliphatic carbocycles. The van der Waals surface area contributed by atoms with Crippen LogP contribution in [0.2, 0.25) is 0 Å². The number of allylic oxidation sites excluding steroid dienone is 1. The van der Waals surface area contributed by atoms with Crippen LogP contribution in [0.25, 0.3) is 0 Å². The number of benzene rings is 2. The summed E-state index contributed by atoms with van der Waals surface area (Å²) >= 11 is 1.53. The van der Waals surface area contributed by atoms with Gasteiger partial charge in [0.25, 0.3) is 11.8 Å². The van der Waals surface area contributed by atoms with Gasteiger partial charge in [-0.05, 0) is 75.3 Å². The molecule has 2 heterocycles. The SMILES string of the molecule is CCSc1nc2n(n1)C(c1ccc(OCC(=O)N(CC)CC)c(OC)c1)C(C(=O)Nc1cccc(C)c1C)=C(C)N2. The predicted octanol–water partition coefficient (Wildman–Crippen LogP) is 5.19. The van der Waals surface area contributed by atoms with Crippen molar-refractivity contribution in [1.82, 2.24) is 19.7 Å². The highest BCUT2D eigenvalue weighted by Gasteiger charge is 2.35. The number of nitrogens with zero attached hydrogens (tertiary/aromatic N) is 4. The number of carbonyl (C=O) groups excluding carboxylic acids is 2. The minimum atomic E-state index is -0.588. The van der Waals surface area contributed by atoms with Crippen LogP contribution in [0.15, 0.2) is 52.8 Å². The molecule has 10 nitrogen and oxygen atoms in total. The molecule has 0 saturated heterocycles. The van der Waals surface area contributed by atoms with Crippen molar-refractivity contribution in [3.63, 3.8) is 0 Å². The Morgan fingerprint density at radius 2 is 1.85 bits per heavy atom. The first-order valence-corrected chi connectivity index (χ1v) is 14.7. The van der Waals surface area contributed by atoms with Crippen molar-refractivity contribution in [3.8, 4) is 11.5 Å². The highest BCUT2D eigenvalue weighted by molar-refractivity contribution is 7.99. The maximum atomic E-state index is 13.9. The summed E-state index contributed by atoms with van der Waals surface area (Å²) in [4.78, 5) is 32.8. The van der Waals surface area contributed by atoms with Gasteiger partial charge < -0.3 is 25.0 Å². The second kappa shape index (κ2) is 13.1. The lowest BCUT2D eigenvalue weighted by Crippen LogP contribution is -2.34. The van der Waals surface area contributed by atoms with Gasteiger partial charge in [0.15, 0.2) is 18.1 Å². The minimum absolute atomic E-state index is 0.0991. The van der Waals surface area contributed by atoms with E-state index in [4.69, 9.17) is 14.6 Å². The molecule has 0 saturated carbocycles. The summed E-state index contributed by atoms with van der Waals surface area (Å²) in [5, 5.41) is 11.7. The van der Waals surface area contributed by atoms with Crippen molar-refractivity contribution in [3.05, 3.63) is 64.4 Å². The number of rotatable bonds is 11. The topological polar surface area (TPSA) is 111 Å². The van der Waals surface area contributed by atoms with Crippen LogP contribution in [0.3, 0.4) is 0 Å². The van der Waals surface area contributed by atoms with E-state index in [9.17, 15) is 9.59 Å². The second-order valence-electron chi connectivity index (χ2n) is 9.63. The Kier molecular flexibility index (Phi) is 9.59. The third-order valence-electron chi connectivity index (χ3n) is 7.17. The average molecular weight is 579 g/mol. The number of fused-ring (bicyclic) bond motifs is 1. The van der Waals surface area contributed by atoms with Crippen LogP contribution in [0.4, 0.5) is 11.6 Å². The molecule has 1 unspecified atom stereocenters. The molecule has 1 atom stereocenters. The first kappa shape index (κ1) is 30.0. The van der Waals surface area contributed by atoms with E-state index >= 15 is 0 Å². The number of anilines is 2. The fourth-order valence-electron chi connectivity index (χ4n) is 4.78. The van der Waals surface area contributed by atoms with Gasteiger partial charge >= 0.3 is 0 Å². The Bertz CT molecular complexity index is 1460. The van der Waals surface area contributed by atoms with E-state index in [0.717, 1.165) is 28.1 Å². The molecule has 11 heteroatoms. The van der Waals surface area contributed by atoms with Crippen LogP contribution in [0, 0.1) is 13.8 Å². The summed E-state index contributed by atoms with van der Waals surface area (Å²) in [7, 11) is 1.55. The molecule has 0 fully saturated rings. The lowest BCUT2D eigenvalue weighted by Gasteiger charge is -2.29. The van der Waals surface area contributed by atoms with Crippen LogP contribution in [-0.4, -0.2) is 64.0 Å². The van der Waals surface area contributed by atoms with Gasteiger partial charge in [-0.2, -0.15) is 4.98 Å². The second-order valence-corrected chi connectivity index (χ2v) is 10.9. The number of likely N-dealkylation sites (N-methyl/N-ethyl adjacent to an activating group) is 1. The summed E-state index contributed by atoms with van der Waals surface area (Å²) in [6.45, 7) is 12.9. The van der Waals surface area contributed by atoms with E-state index in [-0.39, 0.29) is 18.4 Å². The quantitative estimate of drug-likeness (QED) is 0.299. The van der Waals surface area contributed by atoms with Crippen LogP contribution in [-0.2, 0) is 9.59 Å². The highest BCUT2D eigenvalue weighted by Crippen LogP contribution is 2.40. The number of hydrogen-bond acceptors (Lipinski definition) is 8. The summed E-state index contributed by atoms with van der Waals surface area (Å²) in [5.41, 5.74) is 4.78. The summed E-state index contributed by atoms with van der Waals surface area (Å²) in [5.74, 6) is 1.90. The average Bonchev–Trinajstić information content (AvgIpc) is 3.36. The summed E-state index contributed by atoms with van der Waals surface area (Å²) in [6.07, 6.45) is 0. The zero-order valence-electron chi connectivity index (χ0n) is 24.7. The molecule has 0 spiro atoms. The molecule has 3 aromatic rings. The number of aromatic nitrogens is 3. The van der Waals surface area contributed by atoms with E-state index in [1.807, 2.05) is 71.9 Å². The van der Waals surface area contributed by atoms with Gasteiger partial charge in [-0.15, -0.1) is 5.10 Å². The van der Waals surface area contributed by atoms with Crippen molar-refractivity contribution >= 4 is 35.2 Å². The third kappa shape index (κ3) is 6.35. The van der Waals surface area contributed by atoms with Crippen LogP contribution >= 0.6 is 11.8 Å². The van der Waals surface area contributed by atoms with E-state index in [2.05, 4.69) is 15.6 Å². The van der Waals surface area contributed by atoms with Gasteiger partial charge in [-0.1, -0.05) is 36.9 Å². The first-order chi connectivity index (χ1) is 19.7. The number of hydrogen-bond donors (Lipinski definition) is 2. The number of thioether (sulfide) groups is 1. The van der Waals surface area contributed by atoms with Crippen molar-refractivity contribution in [2.24, 2.45) is 0 Å². The number of carbonyl (C=O) groups is 2. The van der Waals surface area contributed by atoms with Crippen LogP contribution in [0.5, 0.6) is 11.5 Å². The predicted molar refractivity (Wildman–Crippen MR) is 162 cm³/mol. The lowest BCUT2D eigenvalue weighted by molar-refractivity contribution is -0.133. The van der Waals surface area contributed by atoms with Gasteiger partial charge in [0.1, 0.15) is 6.04 Å². The van der Waals surface area contributed by atoms with Gasteiger partial charge in [-0.3, -0.25) is 9.59 Å². The normalized spacial score (nSPS) is 14.3. The van der Waals surface area contributed by atoms with Gasteiger partial charge in [0.2, 0.25) is 11.1 Å². The van der Waals surface area contributed by atoms with Crippen LogP contribution in [0.1, 0.15) is 50.4 Å². The third-order valence-corrected chi connectivity index (χ3v) is 7.89. The maximum absolute atomic E-state index is 13.9. The molecule has 41 heavy (non-hydrogen) atoms. The Balaban J connectivity index is 1.73. The largest absolute Gasteiger partial charge is 0.493 e. The molecule has 218 valence electrons. The number of methoxy groups -OCH3 is 1. The van der Waals surface area contributed by atoms with Crippen molar-refractivity contribution in [1.29, 1.82) is 0 Å². The molecular weight excluding hydrogens is 540 g/mol. The molecule has 0 bridgehead atoms. The molecular formula is C30H38N6O4S. The number of ether oxygens (including phenoxy) is 2. The van der Waals surface area contributed by atoms with E-state index < -0.39 is 6.04 Å². The smallest absolute Gasteiger partial charge is 0.260 e. The van der Waals surface area contributed by atoms with Crippen molar-refractivity contribution < 1.29 is 19.1 Å². The Hall–Kier alpha value is -3.99. The molecule has 2 amide bonds. The van der Waals surface area contributed by atoms with Crippen molar-refractivity contribution in [2.75, 3.05) is 43.2 Å². The molecule has 0 radical (unpaired) electrons. The van der Waals surface area contributed by atoms with E-state index in [1.54, 1.807) is 22.8 Å². The Morgan fingerprint density at radius 1 is 1.10 bits per heavy atom. The molecule has 1 aromatic heterocycles. The van der Waals surface area contributed by atoms with Gasteiger partial charge in [0.05, 0.1) is 12.7 Å². The molecule has 2 aromatic carbocycles. The molecule has 2 N–H and O–H groups in total. The van der Waals surface area contributed by atoms with E-state index in [1.165, 1.54) is 11.8 Å². The Morgan fingerprint density at radius 3 is 2.54 bits per heavy atom. The fourth-order valence-corrected chi connectivity index (χ4v) is 5.34. The molecule has 4 rings (SSSR count). The maximum Gasteiger partial charge on any atom is 0.260 e. The number of nitrogens with one attached hydrogen (secondary N) is 2. The standard InChI is InChI=1S/C30H38N6O4S/c1-8-35(9-2)25(37)17-40-23-15-14-21(16-24(23)39-7)27-26(28(38)32-22-13-11-12-18(4)19(22)5)20(6)31-29-33-30(41-10-3)34-36(27)29/h11-16,27H,8-10,17H2,1-7H3,(H,32,38)(H,31,33,34). The van der Waals surface area contributed by atoms with E-state index in [0.29, 0.717) is 47.0 Å². The zero-order valence-corrected chi connectivity index (χ0v) is 25.5. The monoisotopic (exact) mass is 578 g/mol. The first-order valence-electron chi connectivity index (χ1n) is 13.7. The zero-order chi connectivity index (χ0) is 29.7. The Labute approximate surface area is 245 Å². The van der Waals surface area contributed by atoms with Gasteiger partial charge in [0, 0.05) is 24.5 Å². The summed E-state index contributed by atoms with van der Waals surface area (Å²) < 4.78 is 13.3. The summed E-state index contributed by atoms with van der Waals surface area (Å²) in [6, 6.07) is 10.7.